The lowest BCUT2D eigenvalue weighted by Gasteiger charge is -2.16. The second kappa shape index (κ2) is 7.48. The van der Waals surface area contributed by atoms with E-state index in [0.29, 0.717) is 19.8 Å². The summed E-state index contributed by atoms with van der Waals surface area (Å²) in [5.41, 5.74) is 1.17. The molecule has 106 valence electrons. The highest BCUT2D eigenvalue weighted by Gasteiger charge is 2.23. The Morgan fingerprint density at radius 3 is 3.16 bits per heavy atom. The van der Waals surface area contributed by atoms with Crippen LogP contribution >= 0.6 is 0 Å². The van der Waals surface area contributed by atoms with E-state index in [2.05, 4.69) is 18.3 Å². The molecule has 0 saturated carbocycles. The average Bonchev–Trinajstić information content (AvgIpc) is 2.85. The fraction of sp³-hybridized carbons (Fsp3) is 0.600. The molecule has 1 aliphatic rings. The predicted octanol–water partition coefficient (Wildman–Crippen LogP) is 1.89. The van der Waals surface area contributed by atoms with E-state index in [0.717, 1.165) is 25.2 Å². The zero-order valence-electron chi connectivity index (χ0n) is 11.5. The van der Waals surface area contributed by atoms with E-state index in [9.17, 15) is 5.11 Å². The number of nitrogens with one attached hydrogen (secondary N) is 1. The van der Waals surface area contributed by atoms with E-state index in [1.54, 1.807) is 0 Å². The zero-order valence-corrected chi connectivity index (χ0v) is 11.5. The van der Waals surface area contributed by atoms with Crippen LogP contribution < -0.4 is 10.1 Å². The maximum Gasteiger partial charge on any atom is 0.124 e. The number of ether oxygens (including phenoxy) is 2. The van der Waals surface area contributed by atoms with Crippen molar-refractivity contribution in [2.45, 2.75) is 31.9 Å². The first-order valence-electron chi connectivity index (χ1n) is 7.02. The Morgan fingerprint density at radius 1 is 1.47 bits per heavy atom. The van der Waals surface area contributed by atoms with Gasteiger partial charge in [-0.15, -0.1) is 0 Å². The molecule has 1 heterocycles. The van der Waals surface area contributed by atoms with Crippen molar-refractivity contribution in [3.8, 4) is 5.75 Å². The molecule has 19 heavy (non-hydrogen) atoms. The molecule has 2 atom stereocenters. The molecule has 2 unspecified atom stereocenters. The van der Waals surface area contributed by atoms with Crippen molar-refractivity contribution in [2.24, 2.45) is 0 Å². The maximum atomic E-state index is 9.83. The molecule has 1 aromatic carbocycles. The van der Waals surface area contributed by atoms with Crippen LogP contribution in [0.2, 0.25) is 0 Å². The van der Waals surface area contributed by atoms with Crippen LogP contribution in [0.3, 0.4) is 0 Å². The van der Waals surface area contributed by atoms with Gasteiger partial charge in [0.05, 0.1) is 18.8 Å². The third-order valence-corrected chi connectivity index (χ3v) is 3.25. The van der Waals surface area contributed by atoms with Crippen LogP contribution in [-0.2, 0) is 4.74 Å². The van der Waals surface area contributed by atoms with Gasteiger partial charge in [-0.2, -0.15) is 0 Å². The van der Waals surface area contributed by atoms with Gasteiger partial charge in [0.15, 0.2) is 0 Å². The number of rotatable bonds is 8. The standard InChI is InChI=1S/C15H23NO3/c1-2-3-8-18-10-12(17)9-16-14-11-19-15-7-5-4-6-13(14)15/h4-7,12,14,16-17H,2-3,8-11H2,1H3. The molecular weight excluding hydrogens is 242 g/mol. The van der Waals surface area contributed by atoms with Crippen LogP contribution in [0.5, 0.6) is 5.75 Å². The molecule has 1 aromatic rings. The third kappa shape index (κ3) is 4.20. The molecule has 0 bridgehead atoms. The Labute approximate surface area is 114 Å². The summed E-state index contributed by atoms with van der Waals surface area (Å²) in [4.78, 5) is 0. The third-order valence-electron chi connectivity index (χ3n) is 3.25. The molecule has 0 aromatic heterocycles. The fourth-order valence-electron chi connectivity index (χ4n) is 2.13. The minimum absolute atomic E-state index is 0.168. The number of unbranched alkanes of at least 4 members (excludes halogenated alkanes) is 1. The van der Waals surface area contributed by atoms with Crippen molar-refractivity contribution in [1.29, 1.82) is 0 Å². The molecule has 0 amide bonds. The van der Waals surface area contributed by atoms with Gasteiger partial charge in [-0.05, 0) is 12.5 Å². The van der Waals surface area contributed by atoms with Gasteiger partial charge >= 0.3 is 0 Å². The monoisotopic (exact) mass is 265 g/mol. The van der Waals surface area contributed by atoms with Crippen LogP contribution in [0.15, 0.2) is 24.3 Å². The predicted molar refractivity (Wildman–Crippen MR) is 74.4 cm³/mol. The lowest BCUT2D eigenvalue weighted by Crippen LogP contribution is -2.33. The number of aliphatic hydroxyl groups is 1. The number of para-hydroxylation sites is 1. The highest BCUT2D eigenvalue weighted by Crippen LogP contribution is 2.31. The van der Waals surface area contributed by atoms with Crippen molar-refractivity contribution in [3.05, 3.63) is 29.8 Å². The Balaban J connectivity index is 1.69. The first-order valence-corrected chi connectivity index (χ1v) is 7.02. The van der Waals surface area contributed by atoms with Gasteiger partial charge < -0.3 is 19.9 Å². The second-order valence-electron chi connectivity index (χ2n) is 4.89. The molecule has 0 aliphatic carbocycles. The van der Waals surface area contributed by atoms with E-state index < -0.39 is 6.10 Å². The van der Waals surface area contributed by atoms with Gasteiger partial charge in [0, 0.05) is 18.7 Å². The van der Waals surface area contributed by atoms with Crippen molar-refractivity contribution in [3.63, 3.8) is 0 Å². The quantitative estimate of drug-likeness (QED) is 0.705. The van der Waals surface area contributed by atoms with Crippen LogP contribution in [0.25, 0.3) is 0 Å². The zero-order chi connectivity index (χ0) is 13.5. The highest BCUT2D eigenvalue weighted by atomic mass is 16.5. The number of benzene rings is 1. The summed E-state index contributed by atoms with van der Waals surface area (Å²) in [5.74, 6) is 0.939. The molecule has 1 aliphatic heterocycles. The molecule has 2 N–H and O–H groups in total. The highest BCUT2D eigenvalue weighted by molar-refractivity contribution is 5.39. The normalized spacial score (nSPS) is 18.9. The topological polar surface area (TPSA) is 50.7 Å². The number of hydrogen-bond donors (Lipinski definition) is 2. The lowest BCUT2D eigenvalue weighted by molar-refractivity contribution is 0.0342. The van der Waals surface area contributed by atoms with Crippen LogP contribution in [-0.4, -0.2) is 37.6 Å². The number of aliphatic hydroxyl groups excluding tert-OH is 1. The SMILES string of the molecule is CCCCOCC(O)CNC1COc2ccccc21. The molecule has 0 radical (unpaired) electrons. The van der Waals surface area contributed by atoms with Crippen LogP contribution in [0.1, 0.15) is 31.4 Å². The Bertz CT molecular complexity index is 383. The summed E-state index contributed by atoms with van der Waals surface area (Å²) >= 11 is 0. The van der Waals surface area contributed by atoms with E-state index in [4.69, 9.17) is 9.47 Å². The minimum Gasteiger partial charge on any atom is -0.491 e. The second-order valence-corrected chi connectivity index (χ2v) is 4.89. The first-order chi connectivity index (χ1) is 9.31. The number of hydrogen-bond acceptors (Lipinski definition) is 4. The number of fused-ring (bicyclic) bond motifs is 1. The molecule has 2 rings (SSSR count). The molecule has 0 spiro atoms. The summed E-state index contributed by atoms with van der Waals surface area (Å²) < 4.78 is 11.0. The summed E-state index contributed by atoms with van der Waals surface area (Å²) in [7, 11) is 0. The van der Waals surface area contributed by atoms with Crippen molar-refractivity contribution in [2.75, 3.05) is 26.4 Å². The van der Waals surface area contributed by atoms with Crippen LogP contribution in [0, 0.1) is 0 Å². The molecule has 0 saturated heterocycles. The van der Waals surface area contributed by atoms with E-state index in [-0.39, 0.29) is 6.04 Å². The lowest BCUT2D eigenvalue weighted by atomic mass is 10.1. The van der Waals surface area contributed by atoms with Gasteiger partial charge in [0.2, 0.25) is 0 Å². The average molecular weight is 265 g/mol. The van der Waals surface area contributed by atoms with Crippen LogP contribution in [0.4, 0.5) is 0 Å². The molecule has 0 fully saturated rings. The minimum atomic E-state index is -0.468. The van der Waals surface area contributed by atoms with E-state index >= 15 is 0 Å². The van der Waals surface area contributed by atoms with Gasteiger partial charge in [-0.1, -0.05) is 31.5 Å². The molecular formula is C15H23NO3. The maximum absolute atomic E-state index is 9.83. The van der Waals surface area contributed by atoms with Crippen molar-refractivity contribution >= 4 is 0 Å². The first kappa shape index (κ1) is 14.3. The van der Waals surface area contributed by atoms with Gasteiger partial charge in [-0.25, -0.2) is 0 Å². The summed E-state index contributed by atoms with van der Waals surface area (Å²) in [6.45, 7) is 4.39. The van der Waals surface area contributed by atoms with Crippen molar-refractivity contribution < 1.29 is 14.6 Å². The van der Waals surface area contributed by atoms with Crippen molar-refractivity contribution in [1.82, 2.24) is 5.32 Å². The smallest absolute Gasteiger partial charge is 0.124 e. The van der Waals surface area contributed by atoms with Gasteiger partial charge in [0.25, 0.3) is 0 Å². The summed E-state index contributed by atoms with van der Waals surface area (Å²) in [6, 6.07) is 8.18. The Hall–Kier alpha value is -1.10. The largest absolute Gasteiger partial charge is 0.491 e. The Morgan fingerprint density at radius 2 is 2.32 bits per heavy atom. The molecule has 4 heteroatoms. The fourth-order valence-corrected chi connectivity index (χ4v) is 2.13. The van der Waals surface area contributed by atoms with E-state index in [1.165, 1.54) is 5.56 Å². The Kier molecular flexibility index (Phi) is 5.63. The van der Waals surface area contributed by atoms with Gasteiger partial charge in [-0.3, -0.25) is 0 Å². The van der Waals surface area contributed by atoms with E-state index in [1.807, 2.05) is 18.2 Å². The molecule has 4 nitrogen and oxygen atoms in total. The van der Waals surface area contributed by atoms with Gasteiger partial charge in [0.1, 0.15) is 12.4 Å². The summed E-state index contributed by atoms with van der Waals surface area (Å²) in [5, 5.41) is 13.2. The summed E-state index contributed by atoms with van der Waals surface area (Å²) in [6.07, 6.45) is 1.69.